The monoisotopic (exact) mass is 231 g/mol. The normalized spacial score (nSPS) is 29.9. The summed E-state index contributed by atoms with van der Waals surface area (Å²) in [6.45, 7) is 2.76. The van der Waals surface area contributed by atoms with Gasteiger partial charge in [-0.2, -0.15) is 0 Å². The second kappa shape index (κ2) is 4.17. The lowest BCUT2D eigenvalue weighted by atomic mass is 9.93. The molecule has 17 heavy (non-hydrogen) atoms. The van der Waals surface area contributed by atoms with Crippen molar-refractivity contribution in [3.05, 3.63) is 41.7 Å². The Balaban J connectivity index is 1.61. The number of nitrogens with one attached hydrogen (secondary N) is 1. The average molecular weight is 231 g/mol. The molecule has 2 aliphatic carbocycles. The summed E-state index contributed by atoms with van der Waals surface area (Å²) < 4.78 is 13.4. The molecular weight excluding hydrogens is 213 g/mol. The van der Waals surface area contributed by atoms with Crippen molar-refractivity contribution < 1.29 is 4.39 Å². The zero-order chi connectivity index (χ0) is 11.8. The first kappa shape index (κ1) is 10.8. The van der Waals surface area contributed by atoms with Crippen molar-refractivity contribution >= 4 is 5.69 Å². The van der Waals surface area contributed by atoms with Gasteiger partial charge in [-0.25, -0.2) is 4.39 Å². The largest absolute Gasteiger partial charge is 0.385 e. The van der Waals surface area contributed by atoms with Gasteiger partial charge < -0.3 is 5.32 Å². The van der Waals surface area contributed by atoms with Gasteiger partial charge in [-0.05, 0) is 55.2 Å². The lowest BCUT2D eigenvalue weighted by molar-refractivity contribution is 0.472. The lowest BCUT2D eigenvalue weighted by Gasteiger charge is -2.19. The minimum absolute atomic E-state index is 0.122. The molecule has 0 heterocycles. The third-order valence-corrected chi connectivity index (χ3v) is 4.16. The first-order valence-corrected chi connectivity index (χ1v) is 6.41. The maximum Gasteiger partial charge on any atom is 0.128 e. The van der Waals surface area contributed by atoms with Crippen LogP contribution < -0.4 is 5.32 Å². The van der Waals surface area contributed by atoms with E-state index in [9.17, 15) is 4.39 Å². The first-order chi connectivity index (χ1) is 8.22. The van der Waals surface area contributed by atoms with Crippen LogP contribution in [0.2, 0.25) is 0 Å². The molecule has 0 saturated heterocycles. The standard InChI is InChI=1S/C15H18FN/c1-10-2-5-14(8-15(10)16)17-9-13-7-11-3-4-12(13)6-11/h2-5,8,11-13,17H,6-7,9H2,1H3. The summed E-state index contributed by atoms with van der Waals surface area (Å²) in [5.74, 6) is 2.17. The Labute approximate surface area is 102 Å². The summed E-state index contributed by atoms with van der Waals surface area (Å²) in [5.41, 5.74) is 1.61. The number of anilines is 1. The number of hydrogen-bond acceptors (Lipinski definition) is 1. The molecule has 1 saturated carbocycles. The Morgan fingerprint density at radius 3 is 2.82 bits per heavy atom. The Kier molecular flexibility index (Phi) is 2.65. The molecule has 1 aromatic rings. The number of hydrogen-bond donors (Lipinski definition) is 1. The predicted octanol–water partition coefficient (Wildman–Crippen LogP) is 3.76. The van der Waals surface area contributed by atoms with E-state index < -0.39 is 0 Å². The summed E-state index contributed by atoms with van der Waals surface area (Å²) in [5, 5.41) is 3.37. The zero-order valence-electron chi connectivity index (χ0n) is 10.1. The van der Waals surface area contributed by atoms with Crippen LogP contribution in [-0.4, -0.2) is 6.54 Å². The molecule has 1 aromatic carbocycles. The molecule has 0 aliphatic heterocycles. The molecule has 3 rings (SSSR count). The minimum Gasteiger partial charge on any atom is -0.385 e. The van der Waals surface area contributed by atoms with Crippen LogP contribution in [0, 0.1) is 30.5 Å². The summed E-state index contributed by atoms with van der Waals surface area (Å²) in [4.78, 5) is 0. The Morgan fingerprint density at radius 1 is 1.29 bits per heavy atom. The molecular formula is C15H18FN. The molecule has 2 heteroatoms. The van der Waals surface area contributed by atoms with E-state index in [0.29, 0.717) is 5.56 Å². The summed E-state index contributed by atoms with van der Waals surface area (Å²) in [6.07, 6.45) is 7.33. The van der Waals surface area contributed by atoms with E-state index >= 15 is 0 Å². The SMILES string of the molecule is Cc1ccc(NCC2CC3C=CC2C3)cc1F. The second-order valence-electron chi connectivity index (χ2n) is 5.39. The number of aryl methyl sites for hydroxylation is 1. The van der Waals surface area contributed by atoms with Crippen LogP contribution in [0.15, 0.2) is 30.4 Å². The van der Waals surface area contributed by atoms with Gasteiger partial charge in [-0.15, -0.1) is 0 Å². The molecule has 2 aliphatic rings. The molecule has 0 aromatic heterocycles. The maximum absolute atomic E-state index is 13.4. The van der Waals surface area contributed by atoms with Crippen LogP contribution in [0.4, 0.5) is 10.1 Å². The van der Waals surface area contributed by atoms with E-state index in [2.05, 4.69) is 17.5 Å². The van der Waals surface area contributed by atoms with Crippen LogP contribution in [0.5, 0.6) is 0 Å². The fourth-order valence-electron chi connectivity index (χ4n) is 3.08. The first-order valence-electron chi connectivity index (χ1n) is 6.41. The molecule has 1 nitrogen and oxygen atoms in total. The predicted molar refractivity (Wildman–Crippen MR) is 68.5 cm³/mol. The van der Waals surface area contributed by atoms with Crippen LogP contribution in [0.25, 0.3) is 0 Å². The van der Waals surface area contributed by atoms with Crippen molar-refractivity contribution in [3.63, 3.8) is 0 Å². The van der Waals surface area contributed by atoms with Crippen LogP contribution >= 0.6 is 0 Å². The van der Waals surface area contributed by atoms with Crippen molar-refractivity contribution in [1.82, 2.24) is 0 Å². The highest BCUT2D eigenvalue weighted by atomic mass is 19.1. The van der Waals surface area contributed by atoms with E-state index in [1.807, 2.05) is 12.1 Å². The highest BCUT2D eigenvalue weighted by molar-refractivity contribution is 5.45. The number of halogens is 1. The van der Waals surface area contributed by atoms with Crippen molar-refractivity contribution in [2.45, 2.75) is 19.8 Å². The quantitative estimate of drug-likeness (QED) is 0.781. The van der Waals surface area contributed by atoms with Gasteiger partial charge in [0.05, 0.1) is 0 Å². The summed E-state index contributed by atoms with van der Waals surface area (Å²) in [7, 11) is 0. The molecule has 3 unspecified atom stereocenters. The van der Waals surface area contributed by atoms with E-state index in [0.717, 1.165) is 30.0 Å². The molecule has 90 valence electrons. The van der Waals surface area contributed by atoms with E-state index in [-0.39, 0.29) is 5.82 Å². The highest BCUT2D eigenvalue weighted by Crippen LogP contribution is 2.43. The maximum atomic E-state index is 13.4. The van der Waals surface area contributed by atoms with Gasteiger partial charge in [0.1, 0.15) is 5.82 Å². The molecule has 0 radical (unpaired) electrons. The van der Waals surface area contributed by atoms with Gasteiger partial charge in [0.25, 0.3) is 0 Å². The fourth-order valence-corrected chi connectivity index (χ4v) is 3.08. The highest BCUT2D eigenvalue weighted by Gasteiger charge is 2.35. The number of rotatable bonds is 3. The van der Waals surface area contributed by atoms with Gasteiger partial charge >= 0.3 is 0 Å². The van der Waals surface area contributed by atoms with Crippen LogP contribution in [-0.2, 0) is 0 Å². The van der Waals surface area contributed by atoms with E-state index in [1.165, 1.54) is 12.8 Å². The topological polar surface area (TPSA) is 12.0 Å². The van der Waals surface area contributed by atoms with E-state index in [1.54, 1.807) is 13.0 Å². The molecule has 0 amide bonds. The van der Waals surface area contributed by atoms with Gasteiger partial charge in [-0.1, -0.05) is 18.2 Å². The second-order valence-corrected chi connectivity index (χ2v) is 5.39. The number of allylic oxidation sites excluding steroid dienone is 2. The number of fused-ring (bicyclic) bond motifs is 2. The van der Waals surface area contributed by atoms with Crippen molar-refractivity contribution in [1.29, 1.82) is 0 Å². The molecule has 2 bridgehead atoms. The van der Waals surface area contributed by atoms with Gasteiger partial charge in [-0.3, -0.25) is 0 Å². The molecule has 1 N–H and O–H groups in total. The Hall–Kier alpha value is -1.31. The van der Waals surface area contributed by atoms with Gasteiger partial charge in [0.2, 0.25) is 0 Å². The zero-order valence-corrected chi connectivity index (χ0v) is 10.1. The smallest absolute Gasteiger partial charge is 0.128 e. The average Bonchev–Trinajstić information content (AvgIpc) is 2.92. The number of benzene rings is 1. The van der Waals surface area contributed by atoms with E-state index in [4.69, 9.17) is 0 Å². The van der Waals surface area contributed by atoms with Crippen molar-refractivity contribution in [2.24, 2.45) is 17.8 Å². The lowest BCUT2D eigenvalue weighted by Crippen LogP contribution is -2.18. The van der Waals surface area contributed by atoms with Crippen molar-refractivity contribution in [2.75, 3.05) is 11.9 Å². The third-order valence-electron chi connectivity index (χ3n) is 4.16. The third kappa shape index (κ3) is 2.08. The minimum atomic E-state index is -0.122. The van der Waals surface area contributed by atoms with Crippen LogP contribution in [0.1, 0.15) is 18.4 Å². The fraction of sp³-hybridized carbons (Fsp3) is 0.467. The van der Waals surface area contributed by atoms with Gasteiger partial charge in [0.15, 0.2) is 0 Å². The summed E-state index contributed by atoms with van der Waals surface area (Å²) >= 11 is 0. The molecule has 3 atom stereocenters. The van der Waals surface area contributed by atoms with Crippen molar-refractivity contribution in [3.8, 4) is 0 Å². The molecule has 1 fully saturated rings. The van der Waals surface area contributed by atoms with Crippen LogP contribution in [0.3, 0.4) is 0 Å². The molecule has 0 spiro atoms. The summed E-state index contributed by atoms with van der Waals surface area (Å²) in [6, 6.07) is 5.39. The Bertz CT molecular complexity index is 452. The Morgan fingerprint density at radius 2 is 2.18 bits per heavy atom. The van der Waals surface area contributed by atoms with Gasteiger partial charge in [0, 0.05) is 12.2 Å².